The van der Waals surface area contributed by atoms with Gasteiger partial charge in [0.25, 0.3) is 0 Å². The SMILES string of the molecule is CCNC(=NCCN(C)C(C)C)NCCc1cc(C)ccc1OC.I. The Hall–Kier alpha value is -1.02. The number of methoxy groups -OCH3 is 1. The number of ether oxygens (including phenoxy) is 1. The molecule has 2 N–H and O–H groups in total. The van der Waals surface area contributed by atoms with Crippen molar-refractivity contribution in [2.45, 2.75) is 40.2 Å². The number of hydrogen-bond donors (Lipinski definition) is 2. The lowest BCUT2D eigenvalue weighted by atomic mass is 10.1. The van der Waals surface area contributed by atoms with Gasteiger partial charge < -0.3 is 20.3 Å². The number of halogens is 1. The number of aryl methyl sites for hydroxylation is 1. The topological polar surface area (TPSA) is 48.9 Å². The zero-order valence-electron chi connectivity index (χ0n) is 16.6. The summed E-state index contributed by atoms with van der Waals surface area (Å²) in [6.07, 6.45) is 0.904. The third-order valence-corrected chi connectivity index (χ3v) is 4.07. The number of likely N-dealkylation sites (N-methyl/N-ethyl adjacent to an activating group) is 1. The van der Waals surface area contributed by atoms with Crippen LogP contribution in [0, 0.1) is 6.92 Å². The van der Waals surface area contributed by atoms with E-state index in [1.54, 1.807) is 7.11 Å². The second-order valence-electron chi connectivity index (χ2n) is 6.33. The summed E-state index contributed by atoms with van der Waals surface area (Å²) in [5.41, 5.74) is 2.48. The average Bonchev–Trinajstić information content (AvgIpc) is 2.54. The summed E-state index contributed by atoms with van der Waals surface area (Å²) in [6, 6.07) is 6.84. The first-order valence-electron chi connectivity index (χ1n) is 8.83. The molecule has 0 spiro atoms. The molecular weight excluding hydrogens is 427 g/mol. The van der Waals surface area contributed by atoms with Crippen molar-refractivity contribution in [2.24, 2.45) is 4.99 Å². The first-order valence-corrected chi connectivity index (χ1v) is 8.83. The molecule has 144 valence electrons. The first kappa shape index (κ1) is 24.0. The van der Waals surface area contributed by atoms with E-state index in [0.29, 0.717) is 6.04 Å². The molecule has 25 heavy (non-hydrogen) atoms. The van der Waals surface area contributed by atoms with Gasteiger partial charge in [0.15, 0.2) is 5.96 Å². The highest BCUT2D eigenvalue weighted by atomic mass is 127. The van der Waals surface area contributed by atoms with Gasteiger partial charge in [0.2, 0.25) is 0 Å². The molecule has 5 nitrogen and oxygen atoms in total. The lowest BCUT2D eigenvalue weighted by Crippen LogP contribution is -2.39. The van der Waals surface area contributed by atoms with Gasteiger partial charge >= 0.3 is 0 Å². The second-order valence-corrected chi connectivity index (χ2v) is 6.33. The fourth-order valence-electron chi connectivity index (χ4n) is 2.34. The minimum atomic E-state index is 0. The number of hydrogen-bond acceptors (Lipinski definition) is 3. The number of nitrogens with zero attached hydrogens (tertiary/aromatic N) is 2. The van der Waals surface area contributed by atoms with Crippen molar-refractivity contribution in [1.29, 1.82) is 0 Å². The highest BCUT2D eigenvalue weighted by Gasteiger charge is 2.05. The van der Waals surface area contributed by atoms with Crippen LogP contribution in [0.15, 0.2) is 23.2 Å². The Morgan fingerprint density at radius 3 is 2.60 bits per heavy atom. The molecule has 0 aliphatic rings. The van der Waals surface area contributed by atoms with E-state index in [1.165, 1.54) is 11.1 Å². The second kappa shape index (κ2) is 13.2. The highest BCUT2D eigenvalue weighted by molar-refractivity contribution is 14.0. The third kappa shape index (κ3) is 9.30. The quantitative estimate of drug-likeness (QED) is 0.337. The monoisotopic (exact) mass is 462 g/mol. The van der Waals surface area contributed by atoms with E-state index in [1.807, 2.05) is 6.07 Å². The Bertz CT molecular complexity index is 520. The minimum Gasteiger partial charge on any atom is -0.496 e. The van der Waals surface area contributed by atoms with Crippen molar-refractivity contribution in [3.8, 4) is 5.75 Å². The summed E-state index contributed by atoms with van der Waals surface area (Å²) < 4.78 is 5.44. The average molecular weight is 462 g/mol. The Kier molecular flexibility index (Phi) is 12.7. The predicted octanol–water partition coefficient (Wildman–Crippen LogP) is 3.06. The summed E-state index contributed by atoms with van der Waals surface area (Å²) >= 11 is 0. The van der Waals surface area contributed by atoms with Gasteiger partial charge in [-0.2, -0.15) is 0 Å². The number of nitrogens with one attached hydrogen (secondary N) is 2. The third-order valence-electron chi connectivity index (χ3n) is 4.07. The zero-order valence-corrected chi connectivity index (χ0v) is 18.9. The van der Waals surface area contributed by atoms with Crippen LogP contribution in [-0.4, -0.2) is 57.2 Å². The molecule has 0 fully saturated rings. The highest BCUT2D eigenvalue weighted by Crippen LogP contribution is 2.19. The number of aliphatic imine (C=N–C) groups is 1. The minimum absolute atomic E-state index is 0. The fourth-order valence-corrected chi connectivity index (χ4v) is 2.34. The number of rotatable bonds is 9. The normalized spacial score (nSPS) is 11.4. The van der Waals surface area contributed by atoms with E-state index in [2.05, 4.69) is 67.4 Å². The Morgan fingerprint density at radius 1 is 1.28 bits per heavy atom. The van der Waals surface area contributed by atoms with E-state index in [-0.39, 0.29) is 24.0 Å². The molecule has 0 atom stereocenters. The molecule has 1 rings (SSSR count). The number of guanidine groups is 1. The molecule has 6 heteroatoms. The summed E-state index contributed by atoms with van der Waals surface area (Å²) in [7, 11) is 3.85. The molecule has 1 aromatic carbocycles. The fraction of sp³-hybridized carbons (Fsp3) is 0.632. The molecule has 0 radical (unpaired) electrons. The van der Waals surface area contributed by atoms with Crippen molar-refractivity contribution >= 4 is 29.9 Å². The molecule has 0 bridgehead atoms. The largest absolute Gasteiger partial charge is 0.496 e. The van der Waals surface area contributed by atoms with Gasteiger partial charge in [0.05, 0.1) is 13.7 Å². The zero-order chi connectivity index (χ0) is 17.9. The van der Waals surface area contributed by atoms with Gasteiger partial charge in [0, 0.05) is 25.7 Å². The molecule has 0 amide bonds. The van der Waals surface area contributed by atoms with Crippen LogP contribution in [0.4, 0.5) is 0 Å². The number of benzene rings is 1. The Morgan fingerprint density at radius 2 is 2.00 bits per heavy atom. The molecule has 0 aromatic heterocycles. The molecule has 0 saturated carbocycles. The van der Waals surface area contributed by atoms with Gasteiger partial charge in [-0.25, -0.2) is 0 Å². The van der Waals surface area contributed by atoms with Gasteiger partial charge in [-0.3, -0.25) is 4.99 Å². The van der Waals surface area contributed by atoms with E-state index >= 15 is 0 Å². The van der Waals surface area contributed by atoms with Crippen LogP contribution >= 0.6 is 24.0 Å². The maximum atomic E-state index is 5.44. The lowest BCUT2D eigenvalue weighted by molar-refractivity contribution is 0.282. The Balaban J connectivity index is 0.00000576. The summed E-state index contributed by atoms with van der Waals surface area (Å²) in [6.45, 7) is 12.0. The van der Waals surface area contributed by atoms with E-state index in [4.69, 9.17) is 4.74 Å². The molecule has 0 aliphatic heterocycles. The van der Waals surface area contributed by atoms with Crippen molar-refractivity contribution in [1.82, 2.24) is 15.5 Å². The van der Waals surface area contributed by atoms with Crippen LogP contribution < -0.4 is 15.4 Å². The van der Waals surface area contributed by atoms with Crippen LogP contribution in [-0.2, 0) is 6.42 Å². The lowest BCUT2D eigenvalue weighted by Gasteiger charge is -2.20. The molecule has 0 heterocycles. The molecule has 1 aromatic rings. The maximum absolute atomic E-state index is 5.44. The van der Waals surface area contributed by atoms with Crippen molar-refractivity contribution < 1.29 is 4.74 Å². The van der Waals surface area contributed by atoms with Crippen LogP contribution in [0.2, 0.25) is 0 Å². The van der Waals surface area contributed by atoms with Crippen LogP contribution in [0.1, 0.15) is 31.9 Å². The maximum Gasteiger partial charge on any atom is 0.191 e. The van der Waals surface area contributed by atoms with Crippen molar-refractivity contribution in [3.05, 3.63) is 29.3 Å². The van der Waals surface area contributed by atoms with Gasteiger partial charge in [0.1, 0.15) is 5.75 Å². The van der Waals surface area contributed by atoms with Crippen LogP contribution in [0.3, 0.4) is 0 Å². The predicted molar refractivity (Wildman–Crippen MR) is 119 cm³/mol. The van der Waals surface area contributed by atoms with Crippen LogP contribution in [0.25, 0.3) is 0 Å². The smallest absolute Gasteiger partial charge is 0.191 e. The van der Waals surface area contributed by atoms with E-state index < -0.39 is 0 Å². The summed E-state index contributed by atoms with van der Waals surface area (Å²) in [5, 5.41) is 6.71. The molecular formula is C19H35IN4O. The van der Waals surface area contributed by atoms with Gasteiger partial charge in [-0.15, -0.1) is 24.0 Å². The van der Waals surface area contributed by atoms with Gasteiger partial charge in [-0.1, -0.05) is 17.7 Å². The van der Waals surface area contributed by atoms with Crippen molar-refractivity contribution in [3.63, 3.8) is 0 Å². The van der Waals surface area contributed by atoms with Crippen LogP contribution in [0.5, 0.6) is 5.75 Å². The van der Waals surface area contributed by atoms with Gasteiger partial charge in [-0.05, 0) is 52.8 Å². The molecule has 0 unspecified atom stereocenters. The standard InChI is InChI=1S/C19H34N4O.HI/c1-7-20-19(22-12-13-23(5)15(2)3)21-11-10-17-14-16(4)8-9-18(17)24-6;/h8-9,14-15H,7,10-13H2,1-6H3,(H2,20,21,22);1H. The summed E-state index contributed by atoms with van der Waals surface area (Å²) in [4.78, 5) is 6.94. The first-order chi connectivity index (χ1) is 11.5. The summed E-state index contributed by atoms with van der Waals surface area (Å²) in [5.74, 6) is 1.82. The Labute approximate surface area is 170 Å². The van der Waals surface area contributed by atoms with Crippen molar-refractivity contribution in [2.75, 3.05) is 40.3 Å². The molecule has 0 aliphatic carbocycles. The molecule has 0 saturated heterocycles. The van der Waals surface area contributed by atoms with E-state index in [9.17, 15) is 0 Å². The van der Waals surface area contributed by atoms with E-state index in [0.717, 1.165) is 44.3 Å².